The Labute approximate surface area is 114 Å². The van der Waals surface area contributed by atoms with Crippen molar-refractivity contribution in [3.05, 3.63) is 34.9 Å². The van der Waals surface area contributed by atoms with E-state index in [-0.39, 0.29) is 6.61 Å². The highest BCUT2D eigenvalue weighted by molar-refractivity contribution is 5.52. The molecule has 0 aromatic carbocycles. The summed E-state index contributed by atoms with van der Waals surface area (Å²) >= 11 is 0. The van der Waals surface area contributed by atoms with Gasteiger partial charge in [-0.25, -0.2) is 0 Å². The highest BCUT2D eigenvalue weighted by Gasteiger charge is 2.10. The molecule has 0 saturated carbocycles. The van der Waals surface area contributed by atoms with Crippen molar-refractivity contribution in [2.24, 2.45) is 0 Å². The zero-order chi connectivity index (χ0) is 13.5. The van der Waals surface area contributed by atoms with Gasteiger partial charge in [0.05, 0.1) is 6.61 Å². The first-order chi connectivity index (χ1) is 9.31. The molecule has 0 unspecified atom stereocenters. The summed E-state index contributed by atoms with van der Waals surface area (Å²) in [6.45, 7) is -0.298. The third-order valence-corrected chi connectivity index (χ3v) is 3.20. The summed E-state index contributed by atoms with van der Waals surface area (Å²) in [6.07, 6.45) is 9.75. The van der Waals surface area contributed by atoms with Gasteiger partial charge in [0.1, 0.15) is 6.10 Å². The van der Waals surface area contributed by atoms with E-state index in [9.17, 15) is 5.11 Å². The lowest BCUT2D eigenvalue weighted by Gasteiger charge is -2.11. The average molecular weight is 254 g/mol. The molecule has 2 aliphatic rings. The molecule has 0 fully saturated rings. The van der Waals surface area contributed by atoms with Crippen molar-refractivity contribution in [3.63, 3.8) is 0 Å². The third-order valence-electron chi connectivity index (χ3n) is 3.20. The molecule has 0 saturated heterocycles. The van der Waals surface area contributed by atoms with Crippen LogP contribution in [0.25, 0.3) is 0 Å². The fourth-order valence-corrected chi connectivity index (χ4v) is 2.10. The number of hydrogen-bond donors (Lipinski definition) is 2. The van der Waals surface area contributed by atoms with Crippen LogP contribution in [0, 0.1) is 23.7 Å². The molecule has 0 radical (unpaired) electrons. The lowest BCUT2D eigenvalue weighted by molar-refractivity contribution is 0.125. The van der Waals surface area contributed by atoms with Crippen molar-refractivity contribution in [2.45, 2.75) is 38.2 Å². The van der Waals surface area contributed by atoms with Crippen LogP contribution in [0.15, 0.2) is 34.9 Å². The van der Waals surface area contributed by atoms with Crippen LogP contribution >= 0.6 is 0 Å². The van der Waals surface area contributed by atoms with Gasteiger partial charge in [0.25, 0.3) is 0 Å². The highest BCUT2D eigenvalue weighted by Crippen LogP contribution is 2.23. The van der Waals surface area contributed by atoms with Crippen LogP contribution in [0.5, 0.6) is 0 Å². The molecule has 0 aromatic rings. The van der Waals surface area contributed by atoms with E-state index in [1.807, 2.05) is 12.2 Å². The Kier molecular flexibility index (Phi) is 5.04. The van der Waals surface area contributed by atoms with Crippen molar-refractivity contribution in [3.8, 4) is 23.7 Å². The van der Waals surface area contributed by atoms with E-state index in [1.165, 1.54) is 5.57 Å². The van der Waals surface area contributed by atoms with Crippen LogP contribution in [-0.4, -0.2) is 22.9 Å². The van der Waals surface area contributed by atoms with Crippen molar-refractivity contribution in [2.75, 3.05) is 6.61 Å². The van der Waals surface area contributed by atoms with Gasteiger partial charge < -0.3 is 10.2 Å². The molecule has 0 aromatic heterocycles. The predicted octanol–water partition coefficient (Wildman–Crippen LogP) is 2.10. The molecule has 98 valence electrons. The first kappa shape index (κ1) is 13.7. The largest absolute Gasteiger partial charge is 0.393 e. The Morgan fingerprint density at radius 2 is 2.11 bits per heavy atom. The van der Waals surface area contributed by atoms with Gasteiger partial charge in [-0.05, 0) is 37.3 Å². The number of aliphatic hydroxyl groups is 2. The van der Waals surface area contributed by atoms with Gasteiger partial charge in [-0.15, -0.1) is 0 Å². The second kappa shape index (κ2) is 7.00. The average Bonchev–Trinajstić information content (AvgIpc) is 2.50. The fraction of sp³-hybridized carbons (Fsp3) is 0.412. The summed E-state index contributed by atoms with van der Waals surface area (Å²) in [5, 5.41) is 18.8. The van der Waals surface area contributed by atoms with E-state index in [0.29, 0.717) is 5.57 Å². The van der Waals surface area contributed by atoms with Gasteiger partial charge in [0, 0.05) is 17.6 Å². The molecule has 19 heavy (non-hydrogen) atoms. The molecule has 2 rings (SSSR count). The molecule has 0 heterocycles. The summed E-state index contributed by atoms with van der Waals surface area (Å²) < 4.78 is 0. The van der Waals surface area contributed by atoms with E-state index in [1.54, 1.807) is 0 Å². The number of aliphatic hydroxyl groups excluding tert-OH is 2. The van der Waals surface area contributed by atoms with Crippen molar-refractivity contribution >= 4 is 0 Å². The quantitative estimate of drug-likeness (QED) is 0.741. The van der Waals surface area contributed by atoms with Gasteiger partial charge in [-0.1, -0.05) is 35.8 Å². The minimum Gasteiger partial charge on any atom is -0.393 e. The topological polar surface area (TPSA) is 40.5 Å². The van der Waals surface area contributed by atoms with Crippen LogP contribution in [0.1, 0.15) is 32.1 Å². The maximum atomic E-state index is 9.74. The lowest BCUT2D eigenvalue weighted by Crippen LogP contribution is -2.14. The van der Waals surface area contributed by atoms with Crippen LogP contribution in [-0.2, 0) is 0 Å². The normalized spacial score (nSPS) is 25.5. The van der Waals surface area contributed by atoms with E-state index in [0.717, 1.165) is 37.7 Å². The molecular weight excluding hydrogens is 236 g/mol. The van der Waals surface area contributed by atoms with Gasteiger partial charge in [-0.2, -0.15) is 0 Å². The second-order valence-corrected chi connectivity index (χ2v) is 4.65. The maximum Gasteiger partial charge on any atom is 0.109 e. The predicted molar refractivity (Wildman–Crippen MR) is 76.0 cm³/mol. The minimum atomic E-state index is -0.891. The Bertz CT molecular complexity index is 541. The number of allylic oxidation sites excluding steroid dienone is 5. The maximum absolute atomic E-state index is 9.74. The van der Waals surface area contributed by atoms with Gasteiger partial charge in [-0.3, -0.25) is 0 Å². The molecule has 2 N–H and O–H groups in total. The van der Waals surface area contributed by atoms with Gasteiger partial charge >= 0.3 is 0 Å². The first-order valence-corrected chi connectivity index (χ1v) is 6.70. The molecule has 0 bridgehead atoms. The van der Waals surface area contributed by atoms with Gasteiger partial charge in [0.15, 0.2) is 0 Å². The highest BCUT2D eigenvalue weighted by atomic mass is 16.3. The van der Waals surface area contributed by atoms with Crippen LogP contribution in [0.3, 0.4) is 0 Å². The SMILES string of the molecule is OC[C@@H](O)/C1=C/CCC#C/C=C2/CCCC=C2C#C1. The molecule has 2 heteroatoms. The fourth-order valence-electron chi connectivity index (χ4n) is 2.10. The summed E-state index contributed by atoms with van der Waals surface area (Å²) in [5.41, 5.74) is 2.79. The number of rotatable bonds is 2. The van der Waals surface area contributed by atoms with Crippen molar-refractivity contribution in [1.29, 1.82) is 0 Å². The van der Waals surface area contributed by atoms with Crippen LogP contribution in [0.4, 0.5) is 0 Å². The smallest absolute Gasteiger partial charge is 0.109 e. The Morgan fingerprint density at radius 3 is 2.95 bits per heavy atom. The molecular formula is C17H18O2. The Morgan fingerprint density at radius 1 is 1.21 bits per heavy atom. The molecule has 0 amide bonds. The number of hydrogen-bond acceptors (Lipinski definition) is 2. The van der Waals surface area contributed by atoms with E-state index in [4.69, 9.17) is 5.11 Å². The lowest BCUT2D eigenvalue weighted by atomic mass is 9.93. The Balaban J connectivity index is 2.35. The molecule has 0 aliphatic heterocycles. The minimum absolute atomic E-state index is 0.298. The standard InChI is InChI=1S/C17H18O2/c18-13-17(19)16-10-4-2-1-3-7-14-8-5-6-9-15(14)11-12-16/h7,9-10,17-19H,2,4-6,8,13H2/b14-7-,16-10+/t17-/m1/s1. The summed E-state index contributed by atoms with van der Waals surface area (Å²) in [5.74, 6) is 12.3. The third kappa shape index (κ3) is 3.86. The summed E-state index contributed by atoms with van der Waals surface area (Å²) in [4.78, 5) is 0. The summed E-state index contributed by atoms with van der Waals surface area (Å²) in [6, 6.07) is 0. The van der Waals surface area contributed by atoms with E-state index < -0.39 is 6.10 Å². The monoisotopic (exact) mass is 254 g/mol. The van der Waals surface area contributed by atoms with Crippen molar-refractivity contribution in [1.82, 2.24) is 0 Å². The zero-order valence-corrected chi connectivity index (χ0v) is 10.9. The Hall–Kier alpha value is -1.74. The molecule has 1 atom stereocenters. The van der Waals surface area contributed by atoms with Crippen molar-refractivity contribution < 1.29 is 10.2 Å². The van der Waals surface area contributed by atoms with E-state index >= 15 is 0 Å². The zero-order valence-electron chi connectivity index (χ0n) is 10.9. The molecule has 2 aliphatic carbocycles. The molecule has 0 spiro atoms. The molecule has 2 nitrogen and oxygen atoms in total. The second-order valence-electron chi connectivity index (χ2n) is 4.65. The van der Waals surface area contributed by atoms with E-state index in [2.05, 4.69) is 29.8 Å². The van der Waals surface area contributed by atoms with Gasteiger partial charge in [0.2, 0.25) is 0 Å². The van der Waals surface area contributed by atoms with Crippen LogP contribution < -0.4 is 0 Å². The van der Waals surface area contributed by atoms with Crippen LogP contribution in [0.2, 0.25) is 0 Å². The summed E-state index contributed by atoms with van der Waals surface area (Å²) in [7, 11) is 0. The first-order valence-electron chi connectivity index (χ1n) is 6.70. The number of fused-ring (bicyclic) bond motifs is 1.